The smallest absolute Gasteiger partial charge is 0.188 e. The van der Waals surface area contributed by atoms with Gasteiger partial charge in [0, 0.05) is 0 Å². The van der Waals surface area contributed by atoms with E-state index in [2.05, 4.69) is 0 Å². The molecule has 0 aromatic carbocycles. The monoisotopic (exact) mass is 305 g/mol. The molecule has 0 spiro atoms. The lowest BCUT2D eigenvalue weighted by Crippen LogP contribution is -2.61. The molecule has 2 aliphatic rings. The van der Waals surface area contributed by atoms with Crippen LogP contribution in [0.4, 0.5) is 0 Å². The molecular formula is C12H19NO8. The first-order valence-corrected chi connectivity index (χ1v) is 6.62. The van der Waals surface area contributed by atoms with Gasteiger partial charge in [-0.2, -0.15) is 5.26 Å². The number of hydrogen-bond donors (Lipinski definition) is 6. The lowest BCUT2D eigenvalue weighted by atomic mass is 9.97. The van der Waals surface area contributed by atoms with Crippen LogP contribution >= 0.6 is 0 Å². The number of aliphatic hydroxyl groups excluding tert-OH is 6. The Hall–Kier alpha value is -0.830. The summed E-state index contributed by atoms with van der Waals surface area (Å²) in [6.45, 7) is -0.629. The second-order valence-corrected chi connectivity index (χ2v) is 5.37. The molecule has 1 saturated carbocycles. The summed E-state index contributed by atoms with van der Waals surface area (Å²) >= 11 is 0. The third-order valence-corrected chi connectivity index (χ3v) is 4.02. The van der Waals surface area contributed by atoms with Crippen LogP contribution in [0, 0.1) is 11.3 Å². The Balaban J connectivity index is 2.16. The third kappa shape index (κ3) is 2.77. The Morgan fingerprint density at radius 3 is 2.29 bits per heavy atom. The van der Waals surface area contributed by atoms with Gasteiger partial charge in [0.2, 0.25) is 0 Å². The van der Waals surface area contributed by atoms with E-state index in [-0.39, 0.29) is 12.8 Å². The molecule has 3 unspecified atom stereocenters. The summed E-state index contributed by atoms with van der Waals surface area (Å²) in [6, 6.07) is 1.75. The van der Waals surface area contributed by atoms with Crippen molar-refractivity contribution >= 4 is 0 Å². The van der Waals surface area contributed by atoms with Crippen LogP contribution in [0.5, 0.6) is 0 Å². The second kappa shape index (κ2) is 6.12. The predicted molar refractivity (Wildman–Crippen MR) is 64.4 cm³/mol. The van der Waals surface area contributed by atoms with Gasteiger partial charge in [-0.3, -0.25) is 0 Å². The van der Waals surface area contributed by atoms with Crippen molar-refractivity contribution < 1.29 is 40.1 Å². The lowest BCUT2D eigenvalue weighted by Gasteiger charge is -2.42. The van der Waals surface area contributed by atoms with E-state index in [1.807, 2.05) is 0 Å². The Labute approximate surface area is 120 Å². The molecule has 0 amide bonds. The molecule has 1 saturated heterocycles. The van der Waals surface area contributed by atoms with Crippen molar-refractivity contribution in [2.75, 3.05) is 6.61 Å². The SMILES string of the molecule is N#CC1(O[C@@H]2O[C@H](CO)[C@@H](O)[C@H](O)[C@H]2O)CCC(O)C1O. The average Bonchev–Trinajstić information content (AvgIpc) is 2.77. The van der Waals surface area contributed by atoms with Crippen LogP contribution in [0.2, 0.25) is 0 Å². The number of hydrogen-bond acceptors (Lipinski definition) is 9. The zero-order valence-corrected chi connectivity index (χ0v) is 11.1. The summed E-state index contributed by atoms with van der Waals surface area (Å²) < 4.78 is 10.4. The van der Waals surface area contributed by atoms with Crippen molar-refractivity contribution in [1.29, 1.82) is 5.26 Å². The highest BCUT2D eigenvalue weighted by atomic mass is 16.7. The maximum atomic E-state index is 9.87. The summed E-state index contributed by atoms with van der Waals surface area (Å²) in [4.78, 5) is 0. The van der Waals surface area contributed by atoms with Crippen molar-refractivity contribution in [3.63, 3.8) is 0 Å². The largest absolute Gasteiger partial charge is 0.394 e. The van der Waals surface area contributed by atoms with Crippen LogP contribution in [0.1, 0.15) is 12.8 Å². The first-order valence-electron chi connectivity index (χ1n) is 6.62. The normalized spacial score (nSPS) is 50.8. The molecule has 120 valence electrons. The lowest BCUT2D eigenvalue weighted by molar-refractivity contribution is -0.326. The topological polar surface area (TPSA) is 164 Å². The van der Waals surface area contributed by atoms with E-state index >= 15 is 0 Å². The van der Waals surface area contributed by atoms with Crippen LogP contribution in [-0.4, -0.2) is 85.8 Å². The van der Waals surface area contributed by atoms with Gasteiger partial charge in [0.25, 0.3) is 0 Å². The average molecular weight is 305 g/mol. The highest BCUT2D eigenvalue weighted by molar-refractivity contribution is 5.14. The van der Waals surface area contributed by atoms with E-state index in [9.17, 15) is 30.8 Å². The molecule has 9 heteroatoms. The minimum atomic E-state index is -1.78. The standard InChI is InChI=1S/C12H19NO8/c13-4-12(2-1-5(15)10(12)19)21-11-9(18)8(17)7(16)6(3-14)20-11/h5-11,14-19H,1-3H2/t5?,6-,7-,8+,9-,10?,11+,12?/m1/s1. The van der Waals surface area contributed by atoms with Crippen LogP contribution in [0.15, 0.2) is 0 Å². The Morgan fingerprint density at radius 1 is 1.14 bits per heavy atom. The highest BCUT2D eigenvalue weighted by Crippen LogP contribution is 2.36. The fraction of sp³-hybridized carbons (Fsp3) is 0.917. The fourth-order valence-electron chi connectivity index (χ4n) is 2.63. The summed E-state index contributed by atoms with van der Waals surface area (Å²) in [5.41, 5.74) is -1.78. The first kappa shape index (κ1) is 16.5. The fourth-order valence-corrected chi connectivity index (χ4v) is 2.63. The Kier molecular flexibility index (Phi) is 4.82. The second-order valence-electron chi connectivity index (χ2n) is 5.37. The van der Waals surface area contributed by atoms with E-state index in [1.54, 1.807) is 6.07 Å². The quantitative estimate of drug-likeness (QED) is 0.311. The molecule has 0 aromatic heterocycles. The molecule has 2 fully saturated rings. The maximum absolute atomic E-state index is 9.87. The summed E-state index contributed by atoms with van der Waals surface area (Å²) in [5, 5.41) is 66.8. The van der Waals surface area contributed by atoms with Gasteiger partial charge in [-0.15, -0.1) is 0 Å². The Morgan fingerprint density at radius 2 is 1.81 bits per heavy atom. The minimum Gasteiger partial charge on any atom is -0.394 e. The van der Waals surface area contributed by atoms with Crippen molar-refractivity contribution in [3.8, 4) is 6.07 Å². The molecule has 21 heavy (non-hydrogen) atoms. The van der Waals surface area contributed by atoms with Crippen molar-refractivity contribution in [1.82, 2.24) is 0 Å². The molecule has 1 heterocycles. The van der Waals surface area contributed by atoms with Gasteiger partial charge < -0.3 is 40.1 Å². The highest BCUT2D eigenvalue weighted by Gasteiger charge is 2.54. The molecule has 0 bridgehead atoms. The summed E-state index contributed by atoms with van der Waals surface area (Å²) in [5.74, 6) is 0. The molecule has 1 aliphatic carbocycles. The summed E-state index contributed by atoms with van der Waals surface area (Å²) in [7, 11) is 0. The molecule has 0 radical (unpaired) electrons. The van der Waals surface area contributed by atoms with Gasteiger partial charge in [0.1, 0.15) is 36.6 Å². The molecular weight excluding hydrogens is 286 g/mol. The van der Waals surface area contributed by atoms with E-state index in [4.69, 9.17) is 14.6 Å². The van der Waals surface area contributed by atoms with Crippen LogP contribution in [0.3, 0.4) is 0 Å². The number of rotatable bonds is 3. The third-order valence-electron chi connectivity index (χ3n) is 4.02. The molecule has 9 nitrogen and oxygen atoms in total. The maximum Gasteiger partial charge on any atom is 0.188 e. The number of nitrogens with zero attached hydrogens (tertiary/aromatic N) is 1. The van der Waals surface area contributed by atoms with Crippen LogP contribution < -0.4 is 0 Å². The van der Waals surface area contributed by atoms with Crippen molar-refractivity contribution in [2.24, 2.45) is 0 Å². The van der Waals surface area contributed by atoms with Gasteiger partial charge in [-0.1, -0.05) is 0 Å². The van der Waals surface area contributed by atoms with Gasteiger partial charge >= 0.3 is 0 Å². The molecule has 2 rings (SSSR count). The summed E-state index contributed by atoms with van der Waals surface area (Å²) in [6.07, 6.45) is -10.0. The number of aliphatic hydroxyl groups is 6. The van der Waals surface area contributed by atoms with Crippen molar-refractivity contribution in [3.05, 3.63) is 0 Å². The minimum absolute atomic E-state index is 0.0147. The van der Waals surface area contributed by atoms with Crippen molar-refractivity contribution in [2.45, 2.75) is 61.4 Å². The van der Waals surface area contributed by atoms with Crippen LogP contribution in [-0.2, 0) is 9.47 Å². The van der Waals surface area contributed by atoms with Gasteiger partial charge in [0.05, 0.1) is 12.7 Å². The van der Waals surface area contributed by atoms with E-state index in [1.165, 1.54) is 0 Å². The zero-order chi connectivity index (χ0) is 15.8. The molecule has 0 aromatic rings. The predicted octanol–water partition coefficient (Wildman–Crippen LogP) is -3.42. The first-order chi connectivity index (χ1) is 9.86. The van der Waals surface area contributed by atoms with E-state index in [0.717, 1.165) is 0 Å². The Bertz CT molecular complexity index is 413. The number of nitriles is 1. The van der Waals surface area contributed by atoms with Gasteiger partial charge in [0.15, 0.2) is 11.9 Å². The van der Waals surface area contributed by atoms with Gasteiger partial charge in [-0.05, 0) is 12.8 Å². The molecule has 8 atom stereocenters. The zero-order valence-electron chi connectivity index (χ0n) is 11.1. The van der Waals surface area contributed by atoms with Crippen LogP contribution in [0.25, 0.3) is 0 Å². The molecule has 6 N–H and O–H groups in total. The number of ether oxygens (including phenoxy) is 2. The van der Waals surface area contributed by atoms with Gasteiger partial charge in [-0.25, -0.2) is 0 Å². The van der Waals surface area contributed by atoms with E-state index in [0.29, 0.717) is 0 Å². The molecule has 1 aliphatic heterocycles. The van der Waals surface area contributed by atoms with E-state index < -0.39 is 55.1 Å².